The molecular formula is C25H35N5O2. The van der Waals surface area contributed by atoms with E-state index in [1.165, 1.54) is 19.3 Å². The smallest absolute Gasteiger partial charge is 0.274 e. The number of amides is 2. The van der Waals surface area contributed by atoms with Gasteiger partial charge in [0.2, 0.25) is 0 Å². The zero-order valence-corrected chi connectivity index (χ0v) is 19.2. The van der Waals surface area contributed by atoms with Crippen LogP contribution in [0.1, 0.15) is 66.9 Å². The van der Waals surface area contributed by atoms with Crippen LogP contribution < -0.4 is 11.1 Å². The third kappa shape index (κ3) is 3.60. The molecule has 3 heterocycles. The van der Waals surface area contributed by atoms with Gasteiger partial charge in [0.25, 0.3) is 11.8 Å². The maximum absolute atomic E-state index is 13.1. The van der Waals surface area contributed by atoms with Crippen LogP contribution in [0.4, 0.5) is 0 Å². The normalized spacial score (nSPS) is 28.9. The summed E-state index contributed by atoms with van der Waals surface area (Å²) in [4.78, 5) is 32.5. The van der Waals surface area contributed by atoms with Crippen LogP contribution in [-0.4, -0.2) is 52.3 Å². The van der Waals surface area contributed by atoms with Gasteiger partial charge in [-0.3, -0.25) is 14.0 Å². The minimum absolute atomic E-state index is 0.0813. The standard InChI is InChI=1S/C25H35N5O2/c1-25(2)18-9-8-17(19(25)11-18)13-27-23(31)21-6-3-7-22-28-20(15-30(21)22)24(32)29-10-4-5-16(12-26)14-29/h3,6-7,15-19H,4-5,8-14,26H2,1-2H3,(H,27,31)/t16?,17-,18-,19-/m0/s1. The third-order valence-electron chi connectivity index (χ3n) is 8.61. The molecule has 4 atom stereocenters. The molecule has 7 heteroatoms. The first-order valence-electron chi connectivity index (χ1n) is 12.1. The van der Waals surface area contributed by atoms with Crippen molar-refractivity contribution < 1.29 is 9.59 Å². The number of rotatable bonds is 5. The number of carbonyl (C=O) groups is 2. The van der Waals surface area contributed by atoms with E-state index in [2.05, 4.69) is 24.1 Å². The topological polar surface area (TPSA) is 92.7 Å². The van der Waals surface area contributed by atoms with Gasteiger partial charge in [0.05, 0.1) is 0 Å². The molecule has 2 amide bonds. The fourth-order valence-corrected chi connectivity index (χ4v) is 6.42. The first-order valence-corrected chi connectivity index (χ1v) is 12.1. The van der Waals surface area contributed by atoms with Crippen LogP contribution in [0.2, 0.25) is 0 Å². The maximum atomic E-state index is 13.1. The van der Waals surface area contributed by atoms with E-state index in [9.17, 15) is 9.59 Å². The molecule has 0 spiro atoms. The summed E-state index contributed by atoms with van der Waals surface area (Å²) in [5.74, 6) is 2.27. The van der Waals surface area contributed by atoms with Gasteiger partial charge >= 0.3 is 0 Å². The highest BCUT2D eigenvalue weighted by molar-refractivity contribution is 5.95. The van der Waals surface area contributed by atoms with E-state index >= 15 is 0 Å². The molecule has 3 N–H and O–H groups in total. The number of nitrogens with two attached hydrogens (primary N) is 1. The van der Waals surface area contributed by atoms with Crippen LogP contribution in [0.15, 0.2) is 24.4 Å². The van der Waals surface area contributed by atoms with E-state index in [1.54, 1.807) is 16.7 Å². The van der Waals surface area contributed by atoms with Gasteiger partial charge in [-0.1, -0.05) is 19.9 Å². The molecule has 172 valence electrons. The molecule has 1 saturated heterocycles. The van der Waals surface area contributed by atoms with Gasteiger partial charge in [-0.15, -0.1) is 0 Å². The Labute approximate surface area is 189 Å². The second-order valence-corrected chi connectivity index (χ2v) is 10.7. The molecular weight excluding hydrogens is 402 g/mol. The largest absolute Gasteiger partial charge is 0.350 e. The van der Waals surface area contributed by atoms with Crippen LogP contribution >= 0.6 is 0 Å². The lowest BCUT2D eigenvalue weighted by molar-refractivity contribution is -0.103. The van der Waals surface area contributed by atoms with Crippen molar-refractivity contribution in [2.75, 3.05) is 26.2 Å². The number of likely N-dealkylation sites (tertiary alicyclic amines) is 1. The number of nitrogens with one attached hydrogen (secondary N) is 1. The number of hydrogen-bond acceptors (Lipinski definition) is 4. The number of fused-ring (bicyclic) bond motifs is 3. The molecule has 1 unspecified atom stereocenters. The maximum Gasteiger partial charge on any atom is 0.274 e. The molecule has 6 rings (SSSR count). The Morgan fingerprint density at radius 1 is 1.25 bits per heavy atom. The van der Waals surface area contributed by atoms with E-state index < -0.39 is 0 Å². The SMILES string of the molecule is CC1(C)[C@H]2CC[C@@H](CNC(=O)c3cccc4nc(C(=O)N5CCCC(CN)C5)cn34)[C@@H]1C2. The Bertz CT molecular complexity index is 1030. The van der Waals surface area contributed by atoms with Crippen molar-refractivity contribution in [3.8, 4) is 0 Å². The fourth-order valence-electron chi connectivity index (χ4n) is 6.42. The summed E-state index contributed by atoms with van der Waals surface area (Å²) in [7, 11) is 0. The predicted octanol–water partition coefficient (Wildman–Crippen LogP) is 2.95. The average molecular weight is 438 g/mol. The number of hydrogen-bond donors (Lipinski definition) is 2. The Morgan fingerprint density at radius 2 is 2.09 bits per heavy atom. The molecule has 4 aliphatic rings. The molecule has 2 aromatic rings. The molecule has 0 aromatic carbocycles. The zero-order chi connectivity index (χ0) is 22.5. The highest BCUT2D eigenvalue weighted by Crippen LogP contribution is 2.61. The van der Waals surface area contributed by atoms with Gasteiger partial charge in [0.15, 0.2) is 0 Å². The van der Waals surface area contributed by atoms with E-state index in [1.807, 2.05) is 17.0 Å². The number of piperidine rings is 1. The fraction of sp³-hybridized carbons (Fsp3) is 0.640. The van der Waals surface area contributed by atoms with Gasteiger partial charge in [-0.05, 0) is 79.9 Å². The highest BCUT2D eigenvalue weighted by atomic mass is 16.2. The predicted molar refractivity (Wildman–Crippen MR) is 123 cm³/mol. The van der Waals surface area contributed by atoms with Crippen LogP contribution in [-0.2, 0) is 0 Å². The number of pyridine rings is 1. The Balaban J connectivity index is 1.30. The molecule has 4 fully saturated rings. The van der Waals surface area contributed by atoms with E-state index in [0.717, 1.165) is 25.3 Å². The van der Waals surface area contributed by atoms with E-state index in [-0.39, 0.29) is 11.8 Å². The Kier molecular flexibility index (Phi) is 5.48. The summed E-state index contributed by atoms with van der Waals surface area (Å²) in [5, 5.41) is 3.17. The molecule has 2 bridgehead atoms. The van der Waals surface area contributed by atoms with Crippen molar-refractivity contribution in [1.29, 1.82) is 0 Å². The summed E-state index contributed by atoms with van der Waals surface area (Å²) >= 11 is 0. The van der Waals surface area contributed by atoms with Crippen molar-refractivity contribution in [2.24, 2.45) is 34.8 Å². The average Bonchev–Trinajstić information content (AvgIpc) is 3.26. The first kappa shape index (κ1) is 21.4. The zero-order valence-electron chi connectivity index (χ0n) is 19.2. The minimum Gasteiger partial charge on any atom is -0.350 e. The van der Waals surface area contributed by atoms with Crippen LogP contribution in [0.25, 0.3) is 5.65 Å². The molecule has 0 radical (unpaired) electrons. The van der Waals surface area contributed by atoms with Crippen molar-refractivity contribution >= 4 is 17.5 Å². The van der Waals surface area contributed by atoms with E-state index in [0.29, 0.717) is 59.8 Å². The molecule has 1 aliphatic heterocycles. The monoisotopic (exact) mass is 437 g/mol. The van der Waals surface area contributed by atoms with Gasteiger partial charge < -0.3 is 16.0 Å². The third-order valence-corrected chi connectivity index (χ3v) is 8.61. The van der Waals surface area contributed by atoms with Crippen LogP contribution in [0.3, 0.4) is 0 Å². The van der Waals surface area contributed by atoms with Gasteiger partial charge in [0.1, 0.15) is 17.0 Å². The first-order chi connectivity index (χ1) is 15.4. The molecule has 32 heavy (non-hydrogen) atoms. The number of aromatic nitrogens is 2. The number of carbonyl (C=O) groups excluding carboxylic acids is 2. The number of imidazole rings is 1. The highest BCUT2D eigenvalue weighted by Gasteiger charge is 2.53. The minimum atomic E-state index is -0.104. The summed E-state index contributed by atoms with van der Waals surface area (Å²) < 4.78 is 1.75. The van der Waals surface area contributed by atoms with Crippen molar-refractivity contribution in [1.82, 2.24) is 19.6 Å². The Hall–Kier alpha value is -2.41. The van der Waals surface area contributed by atoms with Crippen LogP contribution in [0.5, 0.6) is 0 Å². The van der Waals surface area contributed by atoms with Crippen molar-refractivity contribution in [3.05, 3.63) is 35.8 Å². The van der Waals surface area contributed by atoms with Gasteiger partial charge in [0, 0.05) is 25.8 Å². The quantitative estimate of drug-likeness (QED) is 0.752. The summed E-state index contributed by atoms with van der Waals surface area (Å²) in [6.45, 7) is 7.47. The molecule has 3 saturated carbocycles. The molecule has 2 aromatic heterocycles. The second-order valence-electron chi connectivity index (χ2n) is 10.7. The second kappa shape index (κ2) is 8.18. The lowest BCUT2D eigenvalue weighted by Crippen LogP contribution is -2.54. The van der Waals surface area contributed by atoms with Crippen LogP contribution in [0, 0.1) is 29.1 Å². The lowest BCUT2D eigenvalue weighted by Gasteiger charge is -2.60. The molecule has 3 aliphatic carbocycles. The van der Waals surface area contributed by atoms with Gasteiger partial charge in [-0.2, -0.15) is 0 Å². The summed E-state index contributed by atoms with van der Waals surface area (Å²) in [6.07, 6.45) is 7.51. The lowest BCUT2D eigenvalue weighted by atomic mass is 9.45. The van der Waals surface area contributed by atoms with E-state index in [4.69, 9.17) is 5.73 Å². The van der Waals surface area contributed by atoms with Gasteiger partial charge in [-0.25, -0.2) is 4.98 Å². The van der Waals surface area contributed by atoms with Crippen molar-refractivity contribution in [3.63, 3.8) is 0 Å². The van der Waals surface area contributed by atoms with Crippen molar-refractivity contribution in [2.45, 2.75) is 46.0 Å². The Morgan fingerprint density at radius 3 is 2.84 bits per heavy atom. The number of nitrogens with zero attached hydrogens (tertiary/aromatic N) is 3. The summed E-state index contributed by atoms with van der Waals surface area (Å²) in [5.41, 5.74) is 7.76. The summed E-state index contributed by atoms with van der Waals surface area (Å²) in [6, 6.07) is 5.47. The molecule has 7 nitrogen and oxygen atoms in total.